The number of benzene rings is 1. The number of carboxylic acids is 1. The fourth-order valence-corrected chi connectivity index (χ4v) is 2.13. The van der Waals surface area contributed by atoms with Gasteiger partial charge in [-0.2, -0.15) is 0 Å². The third kappa shape index (κ3) is 2.70. The predicted molar refractivity (Wildman–Crippen MR) is 71.8 cm³/mol. The quantitative estimate of drug-likeness (QED) is 0.843. The van der Waals surface area contributed by atoms with Gasteiger partial charge in [0, 0.05) is 13.0 Å². The summed E-state index contributed by atoms with van der Waals surface area (Å²) in [6, 6.07) is 3.54. The zero-order valence-corrected chi connectivity index (χ0v) is 10.8. The topological polar surface area (TPSA) is 61.7 Å². The molecule has 96 valence electrons. The number of hydrogen-bond acceptors (Lipinski definition) is 2. The van der Waals surface area contributed by atoms with Crippen LogP contribution in [0.4, 0.5) is 5.69 Å². The summed E-state index contributed by atoms with van der Waals surface area (Å²) in [6.45, 7) is 4.68. The van der Waals surface area contributed by atoms with Crippen LogP contribution in [-0.4, -0.2) is 23.5 Å². The average Bonchev–Trinajstić information content (AvgIpc) is 2.34. The van der Waals surface area contributed by atoms with Crippen LogP contribution in [0.2, 0.25) is 0 Å². The van der Waals surface area contributed by atoms with Gasteiger partial charge in [0.25, 0.3) is 0 Å². The van der Waals surface area contributed by atoms with Crippen molar-refractivity contribution < 1.29 is 9.90 Å². The summed E-state index contributed by atoms with van der Waals surface area (Å²) in [5.74, 6) is 0.123. The Morgan fingerprint density at radius 2 is 2.06 bits per heavy atom. The van der Waals surface area contributed by atoms with Crippen molar-refractivity contribution in [3.63, 3.8) is 0 Å². The number of nitrogens with zero attached hydrogens (tertiary/aromatic N) is 1. The van der Waals surface area contributed by atoms with E-state index in [0.717, 1.165) is 42.0 Å². The lowest BCUT2D eigenvalue weighted by Gasteiger charge is -2.16. The van der Waals surface area contributed by atoms with Gasteiger partial charge in [-0.05, 0) is 49.9 Å². The molecular weight excluding hydrogens is 228 g/mol. The summed E-state index contributed by atoms with van der Waals surface area (Å²) < 4.78 is 0. The normalized spacial score (nSPS) is 17.6. The van der Waals surface area contributed by atoms with Gasteiger partial charge >= 0.3 is 5.97 Å². The highest BCUT2D eigenvalue weighted by atomic mass is 16.4. The van der Waals surface area contributed by atoms with E-state index in [0.29, 0.717) is 5.56 Å². The zero-order chi connectivity index (χ0) is 13.1. The van der Waals surface area contributed by atoms with Crippen LogP contribution in [0.5, 0.6) is 0 Å². The molecule has 4 nitrogen and oxygen atoms in total. The van der Waals surface area contributed by atoms with E-state index in [1.54, 1.807) is 13.0 Å². The number of aliphatic imine (C=N–C) groups is 1. The molecule has 0 amide bonds. The minimum Gasteiger partial charge on any atom is -0.478 e. The van der Waals surface area contributed by atoms with Crippen molar-refractivity contribution in [1.82, 2.24) is 5.32 Å². The molecule has 0 bridgehead atoms. The average molecular weight is 246 g/mol. The van der Waals surface area contributed by atoms with E-state index in [1.165, 1.54) is 6.42 Å². The lowest BCUT2D eigenvalue weighted by molar-refractivity contribution is 0.0696. The molecule has 1 fully saturated rings. The van der Waals surface area contributed by atoms with E-state index in [1.807, 2.05) is 13.0 Å². The molecule has 1 aliphatic heterocycles. The second-order valence-electron chi connectivity index (χ2n) is 4.70. The highest BCUT2D eigenvalue weighted by molar-refractivity contribution is 5.91. The van der Waals surface area contributed by atoms with Crippen LogP contribution in [0.3, 0.4) is 0 Å². The van der Waals surface area contributed by atoms with E-state index >= 15 is 0 Å². The standard InChI is InChI=1S/C14H18N2O2/c1-9-8-12(10(2)7-11(9)14(17)18)16-13-5-3-4-6-15-13/h7-8H,3-6H2,1-2H3,(H,15,16)(H,17,18). The van der Waals surface area contributed by atoms with Gasteiger partial charge < -0.3 is 10.4 Å². The third-order valence-corrected chi connectivity index (χ3v) is 3.20. The molecule has 4 heteroatoms. The van der Waals surface area contributed by atoms with E-state index in [9.17, 15) is 4.79 Å². The van der Waals surface area contributed by atoms with Gasteiger partial charge in [0.2, 0.25) is 0 Å². The van der Waals surface area contributed by atoms with Crippen LogP contribution in [-0.2, 0) is 0 Å². The highest BCUT2D eigenvalue weighted by Crippen LogP contribution is 2.24. The lowest BCUT2D eigenvalue weighted by Crippen LogP contribution is -2.28. The fraction of sp³-hybridized carbons (Fsp3) is 0.429. The molecule has 1 aliphatic rings. The molecule has 2 rings (SSSR count). The summed E-state index contributed by atoms with van der Waals surface area (Å²) in [7, 11) is 0. The minimum atomic E-state index is -0.884. The van der Waals surface area contributed by atoms with Gasteiger partial charge in [-0.1, -0.05) is 0 Å². The molecule has 0 aliphatic carbocycles. The van der Waals surface area contributed by atoms with Gasteiger partial charge in [-0.15, -0.1) is 0 Å². The molecule has 0 spiro atoms. The number of aryl methyl sites for hydroxylation is 2. The summed E-state index contributed by atoms with van der Waals surface area (Å²) in [5, 5.41) is 12.3. The van der Waals surface area contributed by atoms with Gasteiger partial charge in [0.1, 0.15) is 5.84 Å². The first kappa shape index (κ1) is 12.6. The van der Waals surface area contributed by atoms with E-state index in [4.69, 9.17) is 5.11 Å². The van der Waals surface area contributed by atoms with Crippen molar-refractivity contribution in [2.24, 2.45) is 4.99 Å². The molecule has 1 heterocycles. The van der Waals surface area contributed by atoms with Crippen molar-refractivity contribution >= 4 is 17.5 Å². The predicted octanol–water partition coefficient (Wildman–Crippen LogP) is 2.81. The van der Waals surface area contributed by atoms with Crippen LogP contribution >= 0.6 is 0 Å². The Balaban J connectivity index is 2.34. The second kappa shape index (κ2) is 5.21. The molecule has 18 heavy (non-hydrogen) atoms. The van der Waals surface area contributed by atoms with Crippen molar-refractivity contribution in [2.45, 2.75) is 33.1 Å². The Bertz CT molecular complexity index is 499. The molecule has 0 unspecified atom stereocenters. The maximum Gasteiger partial charge on any atom is 0.335 e. The summed E-state index contributed by atoms with van der Waals surface area (Å²) in [6.07, 6.45) is 3.32. The number of amidine groups is 1. The largest absolute Gasteiger partial charge is 0.478 e. The number of nitrogens with one attached hydrogen (secondary N) is 1. The Labute approximate surface area is 107 Å². The van der Waals surface area contributed by atoms with Crippen LogP contribution in [0.1, 0.15) is 40.7 Å². The molecule has 0 aromatic heterocycles. The monoisotopic (exact) mass is 246 g/mol. The smallest absolute Gasteiger partial charge is 0.335 e. The first-order valence-electron chi connectivity index (χ1n) is 6.24. The van der Waals surface area contributed by atoms with Crippen LogP contribution < -0.4 is 5.32 Å². The zero-order valence-electron chi connectivity index (χ0n) is 10.8. The Morgan fingerprint density at radius 1 is 1.28 bits per heavy atom. The Hall–Kier alpha value is -1.84. The number of hydrogen-bond donors (Lipinski definition) is 2. The van der Waals surface area contributed by atoms with Crippen LogP contribution in [0.25, 0.3) is 0 Å². The molecule has 0 atom stereocenters. The molecule has 0 radical (unpaired) electrons. The van der Waals surface area contributed by atoms with Crippen molar-refractivity contribution in [3.8, 4) is 0 Å². The number of carboxylic acid groups (broad SMARTS) is 1. The number of carbonyl (C=O) groups is 1. The maximum atomic E-state index is 11.0. The molecule has 2 N–H and O–H groups in total. The summed E-state index contributed by atoms with van der Waals surface area (Å²) in [4.78, 5) is 15.6. The van der Waals surface area contributed by atoms with Crippen molar-refractivity contribution in [2.75, 3.05) is 6.54 Å². The van der Waals surface area contributed by atoms with Crippen LogP contribution in [0, 0.1) is 13.8 Å². The Kier molecular flexibility index (Phi) is 3.65. The van der Waals surface area contributed by atoms with Gasteiger partial charge in [0.15, 0.2) is 0 Å². The lowest BCUT2D eigenvalue weighted by atomic mass is 10.0. The summed E-state index contributed by atoms with van der Waals surface area (Å²) in [5.41, 5.74) is 2.87. The minimum absolute atomic E-state index is 0.355. The van der Waals surface area contributed by atoms with E-state index in [2.05, 4.69) is 10.3 Å². The fourth-order valence-electron chi connectivity index (χ4n) is 2.13. The van der Waals surface area contributed by atoms with E-state index in [-0.39, 0.29) is 0 Å². The number of aromatic carboxylic acids is 1. The summed E-state index contributed by atoms with van der Waals surface area (Å²) >= 11 is 0. The van der Waals surface area contributed by atoms with Gasteiger partial charge in [0.05, 0.1) is 11.3 Å². The molecule has 0 saturated carbocycles. The molecular formula is C14H18N2O2. The Morgan fingerprint density at radius 3 is 2.67 bits per heavy atom. The maximum absolute atomic E-state index is 11.0. The van der Waals surface area contributed by atoms with Crippen molar-refractivity contribution in [3.05, 3.63) is 28.8 Å². The molecule has 1 aromatic rings. The first-order valence-corrected chi connectivity index (χ1v) is 6.24. The van der Waals surface area contributed by atoms with E-state index < -0.39 is 5.97 Å². The number of piperidine rings is 1. The SMILES string of the molecule is Cc1cc(C(=O)O)c(C)cc1/N=C1\CCCCN1. The number of rotatable bonds is 2. The third-order valence-electron chi connectivity index (χ3n) is 3.20. The van der Waals surface area contributed by atoms with Crippen molar-refractivity contribution in [1.29, 1.82) is 0 Å². The first-order chi connectivity index (χ1) is 8.58. The second-order valence-corrected chi connectivity index (χ2v) is 4.70. The van der Waals surface area contributed by atoms with Crippen LogP contribution in [0.15, 0.2) is 17.1 Å². The molecule has 1 saturated heterocycles. The highest BCUT2D eigenvalue weighted by Gasteiger charge is 2.11. The van der Waals surface area contributed by atoms with Gasteiger partial charge in [-0.3, -0.25) is 0 Å². The van der Waals surface area contributed by atoms with Gasteiger partial charge in [-0.25, -0.2) is 9.79 Å². The molecule has 1 aromatic carbocycles.